The predicted octanol–water partition coefficient (Wildman–Crippen LogP) is 4.28. The van der Waals surface area contributed by atoms with Crippen molar-refractivity contribution >= 4 is 50.0 Å². The maximum absolute atomic E-state index is 5.88. The molecular weight excluding hydrogens is 358 g/mol. The van der Waals surface area contributed by atoms with Crippen LogP contribution in [0.5, 0.6) is 0 Å². The van der Waals surface area contributed by atoms with E-state index in [9.17, 15) is 0 Å². The zero-order chi connectivity index (χ0) is 13.9. The number of alkyl halides is 1. The number of aromatic nitrogens is 3. The van der Waals surface area contributed by atoms with Gasteiger partial charge in [-0.1, -0.05) is 0 Å². The largest absolute Gasteiger partial charge is 0.312 e. The predicted molar refractivity (Wildman–Crippen MR) is 87.7 cm³/mol. The molecule has 6 heteroatoms. The summed E-state index contributed by atoms with van der Waals surface area (Å²) >= 11 is 11.1. The third-order valence-electron chi connectivity index (χ3n) is 3.11. The van der Waals surface area contributed by atoms with E-state index >= 15 is 0 Å². The standard InChI is InChI=1S/C14H13BrClN3S/c15-12-4-3-10(20-12)6-9-19-13(5-7-16)18-11-2-1-8-17-14(11)19/h1-4,8H,5-7,9H2. The SMILES string of the molecule is ClCCc1nc2cccnc2n1CCc1ccc(Br)s1. The van der Waals surface area contributed by atoms with E-state index in [0.717, 1.165) is 36.4 Å². The van der Waals surface area contributed by atoms with Gasteiger partial charge in [-0.3, -0.25) is 0 Å². The number of nitrogens with zero attached hydrogens (tertiary/aromatic N) is 3. The first kappa shape index (κ1) is 14.0. The molecule has 0 saturated heterocycles. The van der Waals surface area contributed by atoms with Crippen molar-refractivity contribution in [2.24, 2.45) is 0 Å². The first-order chi connectivity index (χ1) is 9.78. The molecular formula is C14H13BrClN3S. The molecule has 104 valence electrons. The Morgan fingerprint density at radius 2 is 2.15 bits per heavy atom. The molecule has 0 spiro atoms. The number of thiophene rings is 1. The molecule has 0 aliphatic heterocycles. The van der Waals surface area contributed by atoms with Gasteiger partial charge in [0.25, 0.3) is 0 Å². The third kappa shape index (κ3) is 2.90. The van der Waals surface area contributed by atoms with Crippen LogP contribution in [0.1, 0.15) is 10.7 Å². The van der Waals surface area contributed by atoms with E-state index in [0.29, 0.717) is 5.88 Å². The van der Waals surface area contributed by atoms with Gasteiger partial charge in [-0.05, 0) is 46.6 Å². The Morgan fingerprint density at radius 3 is 2.90 bits per heavy atom. The number of aryl methyl sites for hydroxylation is 3. The summed E-state index contributed by atoms with van der Waals surface area (Å²) in [5.74, 6) is 1.60. The van der Waals surface area contributed by atoms with Gasteiger partial charge in [-0.25, -0.2) is 9.97 Å². The van der Waals surface area contributed by atoms with E-state index < -0.39 is 0 Å². The van der Waals surface area contributed by atoms with Crippen molar-refractivity contribution in [1.29, 1.82) is 0 Å². The Labute approximate surface area is 134 Å². The first-order valence-electron chi connectivity index (χ1n) is 6.38. The minimum atomic E-state index is 0.577. The van der Waals surface area contributed by atoms with Gasteiger partial charge in [0.15, 0.2) is 5.65 Å². The molecule has 0 atom stereocenters. The molecule has 0 unspecified atom stereocenters. The molecule has 0 radical (unpaired) electrons. The Balaban J connectivity index is 1.90. The van der Waals surface area contributed by atoms with Gasteiger partial charge in [0, 0.05) is 29.9 Å². The molecule has 3 nitrogen and oxygen atoms in total. The van der Waals surface area contributed by atoms with Crippen molar-refractivity contribution in [3.8, 4) is 0 Å². The lowest BCUT2D eigenvalue weighted by Crippen LogP contribution is -2.07. The normalized spacial score (nSPS) is 11.3. The van der Waals surface area contributed by atoms with Crippen LogP contribution >= 0.6 is 38.9 Å². The molecule has 0 amide bonds. The Kier molecular flexibility index (Phi) is 4.38. The Morgan fingerprint density at radius 1 is 1.25 bits per heavy atom. The zero-order valence-corrected chi connectivity index (χ0v) is 13.9. The molecule has 3 rings (SSSR count). The van der Waals surface area contributed by atoms with Crippen molar-refractivity contribution in [3.05, 3.63) is 45.0 Å². The van der Waals surface area contributed by atoms with E-state index in [1.807, 2.05) is 18.3 Å². The number of pyridine rings is 1. The van der Waals surface area contributed by atoms with Gasteiger partial charge in [-0.2, -0.15) is 0 Å². The molecule has 0 fully saturated rings. The summed E-state index contributed by atoms with van der Waals surface area (Å²) < 4.78 is 3.35. The lowest BCUT2D eigenvalue weighted by atomic mass is 10.3. The van der Waals surface area contributed by atoms with Gasteiger partial charge in [0.2, 0.25) is 0 Å². The van der Waals surface area contributed by atoms with Crippen molar-refractivity contribution in [1.82, 2.24) is 14.5 Å². The topological polar surface area (TPSA) is 30.7 Å². The van der Waals surface area contributed by atoms with Crippen LogP contribution in [-0.2, 0) is 19.4 Å². The van der Waals surface area contributed by atoms with E-state index in [-0.39, 0.29) is 0 Å². The summed E-state index contributed by atoms with van der Waals surface area (Å²) in [5.41, 5.74) is 1.89. The summed E-state index contributed by atoms with van der Waals surface area (Å²) in [5, 5.41) is 0. The number of hydrogen-bond donors (Lipinski definition) is 0. The molecule has 3 aromatic heterocycles. The van der Waals surface area contributed by atoms with Gasteiger partial charge >= 0.3 is 0 Å². The Bertz CT molecular complexity index is 722. The van der Waals surface area contributed by atoms with Crippen LogP contribution in [0.25, 0.3) is 11.2 Å². The highest BCUT2D eigenvalue weighted by molar-refractivity contribution is 9.11. The van der Waals surface area contributed by atoms with Gasteiger partial charge in [0.1, 0.15) is 11.3 Å². The highest BCUT2D eigenvalue weighted by Crippen LogP contribution is 2.23. The first-order valence-corrected chi connectivity index (χ1v) is 8.52. The van der Waals surface area contributed by atoms with Crippen molar-refractivity contribution in [2.45, 2.75) is 19.4 Å². The molecule has 3 aromatic rings. The molecule has 0 saturated carbocycles. The fourth-order valence-electron chi connectivity index (χ4n) is 2.22. The van der Waals surface area contributed by atoms with Crippen LogP contribution < -0.4 is 0 Å². The quantitative estimate of drug-likeness (QED) is 0.628. The molecule has 3 heterocycles. The number of hydrogen-bond acceptors (Lipinski definition) is 3. The van der Waals surface area contributed by atoms with E-state index in [2.05, 4.69) is 42.6 Å². The highest BCUT2D eigenvalue weighted by Gasteiger charge is 2.11. The third-order valence-corrected chi connectivity index (χ3v) is 4.98. The van der Waals surface area contributed by atoms with Gasteiger partial charge < -0.3 is 4.57 Å². The second kappa shape index (κ2) is 6.24. The summed E-state index contributed by atoms with van der Waals surface area (Å²) in [7, 11) is 0. The molecule has 20 heavy (non-hydrogen) atoms. The fraction of sp³-hybridized carbons (Fsp3) is 0.286. The minimum Gasteiger partial charge on any atom is -0.312 e. The molecule has 0 N–H and O–H groups in total. The van der Waals surface area contributed by atoms with Crippen LogP contribution in [0.15, 0.2) is 34.2 Å². The molecule has 0 aliphatic carbocycles. The van der Waals surface area contributed by atoms with Crippen LogP contribution in [0.3, 0.4) is 0 Å². The van der Waals surface area contributed by atoms with Gasteiger partial charge in [0.05, 0.1) is 3.79 Å². The number of imidazole rings is 1. The maximum atomic E-state index is 5.88. The second-order valence-electron chi connectivity index (χ2n) is 4.42. The van der Waals surface area contributed by atoms with Crippen LogP contribution in [0, 0.1) is 0 Å². The summed E-state index contributed by atoms with van der Waals surface area (Å²) in [6.45, 7) is 0.882. The van der Waals surface area contributed by atoms with Crippen LogP contribution in [-0.4, -0.2) is 20.4 Å². The average Bonchev–Trinajstić information content (AvgIpc) is 3.00. The van der Waals surface area contributed by atoms with E-state index in [1.54, 1.807) is 11.3 Å². The summed E-state index contributed by atoms with van der Waals surface area (Å²) in [6.07, 6.45) is 3.56. The maximum Gasteiger partial charge on any atom is 0.159 e. The number of rotatable bonds is 5. The van der Waals surface area contributed by atoms with E-state index in [1.165, 1.54) is 8.66 Å². The highest BCUT2D eigenvalue weighted by atomic mass is 79.9. The van der Waals surface area contributed by atoms with Crippen molar-refractivity contribution in [3.63, 3.8) is 0 Å². The average molecular weight is 371 g/mol. The van der Waals surface area contributed by atoms with Gasteiger partial charge in [-0.15, -0.1) is 22.9 Å². The van der Waals surface area contributed by atoms with Crippen LogP contribution in [0.2, 0.25) is 0 Å². The second-order valence-corrected chi connectivity index (χ2v) is 7.35. The molecule has 0 aliphatic rings. The monoisotopic (exact) mass is 369 g/mol. The lowest BCUT2D eigenvalue weighted by molar-refractivity contribution is 0.674. The minimum absolute atomic E-state index is 0.577. The van der Waals surface area contributed by atoms with Crippen molar-refractivity contribution in [2.75, 3.05) is 5.88 Å². The number of fused-ring (bicyclic) bond motifs is 1. The van der Waals surface area contributed by atoms with Crippen molar-refractivity contribution < 1.29 is 0 Å². The molecule has 0 aromatic carbocycles. The Hall–Kier alpha value is -0.910. The zero-order valence-electron chi connectivity index (χ0n) is 10.7. The molecule has 0 bridgehead atoms. The summed E-state index contributed by atoms with van der Waals surface area (Å²) in [6, 6.07) is 8.16. The smallest absolute Gasteiger partial charge is 0.159 e. The lowest BCUT2D eigenvalue weighted by Gasteiger charge is -2.06. The van der Waals surface area contributed by atoms with Crippen LogP contribution in [0.4, 0.5) is 0 Å². The summed E-state index contributed by atoms with van der Waals surface area (Å²) in [4.78, 5) is 10.4. The van der Waals surface area contributed by atoms with E-state index in [4.69, 9.17) is 11.6 Å². The number of halogens is 2. The fourth-order valence-corrected chi connectivity index (χ4v) is 3.86.